The molecule has 0 aliphatic rings. The van der Waals surface area contributed by atoms with Crippen LogP contribution in [0.4, 0.5) is 0 Å². The van der Waals surface area contributed by atoms with Gasteiger partial charge in [0.25, 0.3) is 0 Å². The van der Waals surface area contributed by atoms with Crippen molar-refractivity contribution in [2.75, 3.05) is 6.54 Å². The Balaban J connectivity index is 0. The molecule has 0 aliphatic carbocycles. The van der Waals surface area contributed by atoms with Crippen molar-refractivity contribution in [2.45, 2.75) is 25.7 Å². The Kier molecular flexibility index (Phi) is 12.3. The third kappa shape index (κ3) is 11.3. The molecule has 0 rings (SSSR count). The van der Waals surface area contributed by atoms with Gasteiger partial charge in [0.2, 0.25) is 0 Å². The fourth-order valence-corrected chi connectivity index (χ4v) is 0.578. The zero-order valence-electron chi connectivity index (χ0n) is 6.39. The average Bonchev–Trinajstić information content (AvgIpc) is 1.80. The van der Waals surface area contributed by atoms with Gasteiger partial charge in [0.05, 0.1) is 0 Å². The summed E-state index contributed by atoms with van der Waals surface area (Å²) in [5.41, 5.74) is 6.74. The van der Waals surface area contributed by atoms with Crippen LogP contribution in [0.3, 0.4) is 0 Å². The Morgan fingerprint density at radius 2 is 1.90 bits per heavy atom. The largest absolute Gasteiger partial charge is 1.00 e. The van der Waals surface area contributed by atoms with Crippen molar-refractivity contribution in [3.63, 3.8) is 0 Å². The molecule has 0 aromatic rings. The number of carboxylic acid groups (broad SMARTS) is 1. The van der Waals surface area contributed by atoms with Gasteiger partial charge in [-0.1, -0.05) is 12.8 Å². The minimum absolute atomic E-state index is 0. The van der Waals surface area contributed by atoms with Crippen molar-refractivity contribution in [3.05, 3.63) is 5.73 Å². The van der Waals surface area contributed by atoms with Gasteiger partial charge in [0.1, 0.15) is 0 Å². The number of carboxylic acids is 1. The number of nitrogens with one attached hydrogen (secondary N) is 1. The van der Waals surface area contributed by atoms with Crippen LogP contribution in [0.15, 0.2) is 0 Å². The molecule has 0 spiro atoms. The first kappa shape index (κ1) is 13.1. The molecule has 0 aliphatic heterocycles. The molecule has 0 saturated heterocycles. The molecule has 0 bridgehead atoms. The van der Waals surface area contributed by atoms with E-state index in [9.17, 15) is 4.79 Å². The van der Waals surface area contributed by atoms with E-state index in [1.54, 1.807) is 0 Å². The predicted octanol–water partition coefficient (Wildman–Crippen LogP) is -1.31. The second-order valence-corrected chi connectivity index (χ2v) is 1.95. The number of hydrogen-bond donors (Lipinski definition) is 1. The number of carbonyl (C=O) groups is 1. The first-order valence-electron chi connectivity index (χ1n) is 3.13. The van der Waals surface area contributed by atoms with Crippen molar-refractivity contribution in [3.8, 4) is 0 Å². The van der Waals surface area contributed by atoms with E-state index in [0.717, 1.165) is 12.8 Å². The summed E-state index contributed by atoms with van der Waals surface area (Å²) in [7, 11) is 0. The van der Waals surface area contributed by atoms with Crippen molar-refractivity contribution in [1.82, 2.24) is 0 Å². The third-order valence-corrected chi connectivity index (χ3v) is 1.07. The topological polar surface area (TPSA) is 61.1 Å². The van der Waals surface area contributed by atoms with Crippen LogP contribution >= 0.6 is 0 Å². The summed E-state index contributed by atoms with van der Waals surface area (Å²) in [5.74, 6) is -0.736. The van der Waals surface area contributed by atoms with Crippen LogP contribution in [-0.2, 0) is 4.79 Å². The van der Waals surface area contributed by atoms with Gasteiger partial charge >= 0.3 is 35.5 Å². The molecule has 0 atom stereocenters. The quantitative estimate of drug-likeness (QED) is 0.393. The molecule has 0 aromatic carbocycles. The van der Waals surface area contributed by atoms with Crippen LogP contribution in [0.1, 0.15) is 25.7 Å². The van der Waals surface area contributed by atoms with Crippen molar-refractivity contribution in [1.29, 1.82) is 0 Å². The van der Waals surface area contributed by atoms with Crippen LogP contribution in [0, 0.1) is 0 Å². The minimum atomic E-state index is -0.736. The maximum Gasteiger partial charge on any atom is 1.00 e. The van der Waals surface area contributed by atoms with E-state index in [1.165, 1.54) is 0 Å². The summed E-state index contributed by atoms with van der Waals surface area (Å²) in [5, 5.41) is 8.17. The standard InChI is InChI=1S/C6H12NO2.Na/c7-5-3-1-2-4-6(8)9;/h7H,1-5H2,(H,8,9);/q-1;+1. The molecule has 54 valence electrons. The van der Waals surface area contributed by atoms with Gasteiger partial charge < -0.3 is 10.8 Å². The SMILES string of the molecule is [NH-]CCCCCC(=O)O.[Na+]. The summed E-state index contributed by atoms with van der Waals surface area (Å²) < 4.78 is 0. The molecular formula is C6H12NNaO2. The third-order valence-electron chi connectivity index (χ3n) is 1.07. The molecule has 10 heavy (non-hydrogen) atoms. The van der Waals surface area contributed by atoms with Crippen LogP contribution in [0.2, 0.25) is 0 Å². The van der Waals surface area contributed by atoms with E-state index in [2.05, 4.69) is 0 Å². The second-order valence-electron chi connectivity index (χ2n) is 1.95. The summed E-state index contributed by atoms with van der Waals surface area (Å²) in [6.07, 6.45) is 2.66. The van der Waals surface area contributed by atoms with Crippen LogP contribution < -0.4 is 29.6 Å². The Bertz CT molecular complexity index is 87.8. The molecule has 0 amide bonds. The van der Waals surface area contributed by atoms with E-state index >= 15 is 0 Å². The maximum atomic E-state index is 9.92. The van der Waals surface area contributed by atoms with E-state index in [4.69, 9.17) is 10.8 Å². The molecule has 0 radical (unpaired) electrons. The summed E-state index contributed by atoms with van der Waals surface area (Å²) in [4.78, 5) is 9.92. The average molecular weight is 153 g/mol. The fourth-order valence-electron chi connectivity index (χ4n) is 0.578. The summed E-state index contributed by atoms with van der Waals surface area (Å²) >= 11 is 0. The monoisotopic (exact) mass is 153 g/mol. The van der Waals surface area contributed by atoms with Crippen molar-refractivity contribution < 1.29 is 39.5 Å². The molecule has 2 N–H and O–H groups in total. The van der Waals surface area contributed by atoms with Crippen LogP contribution in [0.5, 0.6) is 0 Å². The first-order valence-corrected chi connectivity index (χ1v) is 3.13. The molecule has 4 heteroatoms. The molecule has 0 fully saturated rings. The Morgan fingerprint density at radius 1 is 1.30 bits per heavy atom. The molecule has 0 unspecified atom stereocenters. The molecule has 0 heterocycles. The predicted molar refractivity (Wildman–Crippen MR) is 35.3 cm³/mol. The van der Waals surface area contributed by atoms with E-state index in [1.807, 2.05) is 0 Å². The number of aliphatic carboxylic acids is 1. The summed E-state index contributed by atoms with van der Waals surface area (Å²) in [6, 6.07) is 0. The van der Waals surface area contributed by atoms with E-state index < -0.39 is 5.97 Å². The molecular weight excluding hydrogens is 141 g/mol. The fraction of sp³-hybridized carbons (Fsp3) is 0.833. The van der Waals surface area contributed by atoms with E-state index in [-0.39, 0.29) is 36.0 Å². The van der Waals surface area contributed by atoms with Crippen molar-refractivity contribution >= 4 is 5.97 Å². The van der Waals surface area contributed by atoms with Gasteiger partial charge in [0.15, 0.2) is 0 Å². The number of hydrogen-bond acceptors (Lipinski definition) is 1. The Labute approximate surface area is 83.3 Å². The molecule has 3 nitrogen and oxygen atoms in total. The van der Waals surface area contributed by atoms with Crippen LogP contribution in [0.25, 0.3) is 5.73 Å². The van der Waals surface area contributed by atoms with Gasteiger partial charge in [-0.2, -0.15) is 6.54 Å². The maximum absolute atomic E-state index is 9.92. The van der Waals surface area contributed by atoms with Gasteiger partial charge in [0, 0.05) is 6.42 Å². The zero-order chi connectivity index (χ0) is 7.11. The molecule has 0 saturated carbocycles. The number of rotatable bonds is 5. The number of unbranched alkanes of at least 4 members (excludes halogenated alkanes) is 2. The minimum Gasteiger partial charge on any atom is -0.677 e. The van der Waals surface area contributed by atoms with Crippen molar-refractivity contribution in [2.24, 2.45) is 0 Å². The summed E-state index contributed by atoms with van der Waals surface area (Å²) in [6.45, 7) is 0.416. The van der Waals surface area contributed by atoms with Gasteiger partial charge in [-0.25, -0.2) is 0 Å². The normalized spacial score (nSPS) is 8.50. The Hall–Kier alpha value is 0.430. The van der Waals surface area contributed by atoms with E-state index in [0.29, 0.717) is 13.0 Å². The Morgan fingerprint density at radius 3 is 2.30 bits per heavy atom. The second kappa shape index (κ2) is 9.43. The molecule has 0 aromatic heterocycles. The smallest absolute Gasteiger partial charge is 0.677 e. The van der Waals surface area contributed by atoms with Gasteiger partial charge in [-0.3, -0.25) is 4.79 Å². The van der Waals surface area contributed by atoms with Gasteiger partial charge in [-0.15, -0.1) is 0 Å². The van der Waals surface area contributed by atoms with Gasteiger partial charge in [-0.05, 0) is 6.42 Å². The van der Waals surface area contributed by atoms with Crippen LogP contribution in [-0.4, -0.2) is 17.6 Å². The first-order chi connectivity index (χ1) is 4.27. The zero-order valence-corrected chi connectivity index (χ0v) is 8.39.